The quantitative estimate of drug-likeness (QED) is 0.778. The van der Waals surface area contributed by atoms with E-state index in [1.165, 1.54) is 22.0 Å². The van der Waals surface area contributed by atoms with E-state index in [0.29, 0.717) is 12.2 Å². The van der Waals surface area contributed by atoms with Gasteiger partial charge < -0.3 is 10.3 Å². The maximum Gasteiger partial charge on any atom is 0.331 e. The molecule has 0 aliphatic carbocycles. The summed E-state index contributed by atoms with van der Waals surface area (Å²) in [5.74, 6) is 0. The molecule has 5 nitrogen and oxygen atoms in total. The Morgan fingerprint density at radius 1 is 1.04 bits per heavy atom. The monoisotopic (exact) mass is 327 g/mol. The molecule has 0 unspecified atom stereocenters. The van der Waals surface area contributed by atoms with Crippen molar-refractivity contribution >= 4 is 17.0 Å². The Labute approximate surface area is 137 Å². The number of aromatic nitrogens is 2. The van der Waals surface area contributed by atoms with E-state index < -0.39 is 0 Å². The lowest BCUT2D eigenvalue weighted by molar-refractivity contribution is 0.578. The molecule has 0 spiro atoms. The van der Waals surface area contributed by atoms with Gasteiger partial charge >= 0.3 is 5.69 Å². The molecule has 0 aliphatic heterocycles. The first-order valence-corrected chi connectivity index (χ1v) is 8.24. The number of aryl methyl sites for hydroxylation is 2. The van der Waals surface area contributed by atoms with Crippen molar-refractivity contribution in [1.82, 2.24) is 9.13 Å². The third-order valence-corrected chi connectivity index (χ3v) is 4.54. The Morgan fingerprint density at radius 2 is 1.83 bits per heavy atom. The van der Waals surface area contributed by atoms with Crippen molar-refractivity contribution in [2.24, 2.45) is 0 Å². The fourth-order valence-electron chi connectivity index (χ4n) is 2.40. The standard InChI is InChI=1S/C17H17N3O2S/c18-15-12-23-11-14(15)10-20-16(21)7-9-19(17(20)22)8-6-13-4-2-1-3-5-13/h1-5,7,9,11-12H,6,8,10,18H2. The fourth-order valence-corrected chi connectivity index (χ4v) is 3.14. The van der Waals surface area contributed by atoms with Crippen LogP contribution in [0.15, 0.2) is 62.9 Å². The van der Waals surface area contributed by atoms with Crippen molar-refractivity contribution in [3.8, 4) is 0 Å². The first-order chi connectivity index (χ1) is 11.1. The van der Waals surface area contributed by atoms with Crippen LogP contribution in [-0.2, 0) is 19.5 Å². The summed E-state index contributed by atoms with van der Waals surface area (Å²) in [6.45, 7) is 0.738. The highest BCUT2D eigenvalue weighted by Crippen LogP contribution is 2.17. The highest BCUT2D eigenvalue weighted by Gasteiger charge is 2.08. The predicted molar refractivity (Wildman–Crippen MR) is 92.9 cm³/mol. The Bertz CT molecular complexity index is 909. The lowest BCUT2D eigenvalue weighted by Crippen LogP contribution is -2.39. The van der Waals surface area contributed by atoms with Gasteiger partial charge in [0.05, 0.1) is 6.54 Å². The molecule has 118 valence electrons. The van der Waals surface area contributed by atoms with Gasteiger partial charge in [0.15, 0.2) is 0 Å². The highest BCUT2D eigenvalue weighted by atomic mass is 32.1. The minimum Gasteiger partial charge on any atom is -0.398 e. The van der Waals surface area contributed by atoms with Gasteiger partial charge in [-0.1, -0.05) is 30.3 Å². The lowest BCUT2D eigenvalue weighted by Gasteiger charge is -2.10. The molecule has 0 saturated heterocycles. The van der Waals surface area contributed by atoms with Gasteiger partial charge in [-0.25, -0.2) is 4.79 Å². The molecular formula is C17H17N3O2S. The van der Waals surface area contributed by atoms with E-state index in [-0.39, 0.29) is 17.8 Å². The highest BCUT2D eigenvalue weighted by molar-refractivity contribution is 7.08. The molecule has 0 saturated carbocycles. The van der Waals surface area contributed by atoms with Gasteiger partial charge in [-0.05, 0) is 17.4 Å². The molecule has 3 rings (SSSR count). The maximum absolute atomic E-state index is 12.5. The second kappa shape index (κ2) is 6.66. The van der Waals surface area contributed by atoms with Gasteiger partial charge in [0.25, 0.3) is 5.56 Å². The molecule has 1 aromatic carbocycles. The first kappa shape index (κ1) is 15.3. The van der Waals surface area contributed by atoms with E-state index in [1.807, 2.05) is 35.7 Å². The minimum atomic E-state index is -0.309. The van der Waals surface area contributed by atoms with E-state index >= 15 is 0 Å². The lowest BCUT2D eigenvalue weighted by atomic mass is 10.1. The van der Waals surface area contributed by atoms with Crippen molar-refractivity contribution < 1.29 is 0 Å². The summed E-state index contributed by atoms with van der Waals surface area (Å²) in [6.07, 6.45) is 2.29. The average Bonchev–Trinajstić information content (AvgIpc) is 2.97. The summed E-state index contributed by atoms with van der Waals surface area (Å²) in [4.78, 5) is 24.6. The molecule has 0 bridgehead atoms. The van der Waals surface area contributed by atoms with Gasteiger partial charge in [0, 0.05) is 35.4 Å². The van der Waals surface area contributed by atoms with Crippen LogP contribution < -0.4 is 17.0 Å². The second-order valence-electron chi connectivity index (χ2n) is 5.30. The van der Waals surface area contributed by atoms with E-state index in [2.05, 4.69) is 0 Å². The zero-order valence-corrected chi connectivity index (χ0v) is 13.3. The van der Waals surface area contributed by atoms with Gasteiger partial charge in [0.1, 0.15) is 0 Å². The molecule has 3 aromatic rings. The van der Waals surface area contributed by atoms with Crippen molar-refractivity contribution in [3.05, 3.63) is 85.3 Å². The Hall–Kier alpha value is -2.60. The molecule has 0 fully saturated rings. The Kier molecular flexibility index (Phi) is 4.43. The zero-order chi connectivity index (χ0) is 16.2. The van der Waals surface area contributed by atoms with Crippen LogP contribution in [0.4, 0.5) is 5.69 Å². The topological polar surface area (TPSA) is 70.0 Å². The van der Waals surface area contributed by atoms with Crippen LogP contribution in [0.2, 0.25) is 0 Å². The third kappa shape index (κ3) is 3.43. The van der Waals surface area contributed by atoms with Crippen LogP contribution in [0.5, 0.6) is 0 Å². The number of nitrogen functional groups attached to an aromatic ring is 1. The van der Waals surface area contributed by atoms with Crippen LogP contribution in [0.1, 0.15) is 11.1 Å². The Morgan fingerprint density at radius 3 is 2.52 bits per heavy atom. The van der Waals surface area contributed by atoms with Crippen molar-refractivity contribution in [3.63, 3.8) is 0 Å². The molecule has 0 atom stereocenters. The van der Waals surface area contributed by atoms with Crippen LogP contribution >= 0.6 is 11.3 Å². The third-order valence-electron chi connectivity index (χ3n) is 3.73. The summed E-state index contributed by atoms with van der Waals surface area (Å²) in [5, 5.41) is 3.67. The molecular weight excluding hydrogens is 310 g/mol. The summed E-state index contributed by atoms with van der Waals surface area (Å²) in [6, 6.07) is 11.4. The number of anilines is 1. The summed E-state index contributed by atoms with van der Waals surface area (Å²) in [7, 11) is 0. The summed E-state index contributed by atoms with van der Waals surface area (Å²) < 4.78 is 2.79. The van der Waals surface area contributed by atoms with E-state index in [4.69, 9.17) is 5.73 Å². The number of nitrogens with zero attached hydrogens (tertiary/aromatic N) is 2. The van der Waals surface area contributed by atoms with Crippen LogP contribution in [-0.4, -0.2) is 9.13 Å². The predicted octanol–water partition coefficient (Wildman–Crippen LogP) is 1.94. The van der Waals surface area contributed by atoms with Crippen molar-refractivity contribution in [1.29, 1.82) is 0 Å². The SMILES string of the molecule is Nc1cscc1Cn1c(=O)ccn(CCc2ccccc2)c1=O. The molecule has 0 radical (unpaired) electrons. The van der Waals surface area contributed by atoms with E-state index in [9.17, 15) is 9.59 Å². The number of hydrogen-bond donors (Lipinski definition) is 1. The van der Waals surface area contributed by atoms with Gasteiger partial charge in [-0.15, -0.1) is 11.3 Å². The number of thiophene rings is 1. The molecule has 0 aliphatic rings. The van der Waals surface area contributed by atoms with Crippen molar-refractivity contribution in [2.75, 3.05) is 5.73 Å². The molecule has 2 heterocycles. The van der Waals surface area contributed by atoms with Crippen molar-refractivity contribution in [2.45, 2.75) is 19.5 Å². The number of benzene rings is 1. The molecule has 2 N–H and O–H groups in total. The normalized spacial score (nSPS) is 10.8. The van der Waals surface area contributed by atoms with Crippen LogP contribution in [0.3, 0.4) is 0 Å². The first-order valence-electron chi connectivity index (χ1n) is 7.30. The summed E-state index contributed by atoms with van der Waals surface area (Å²) >= 11 is 1.46. The number of rotatable bonds is 5. The van der Waals surface area contributed by atoms with Gasteiger partial charge in [-0.3, -0.25) is 9.36 Å². The summed E-state index contributed by atoms with van der Waals surface area (Å²) in [5.41, 5.74) is 7.80. The zero-order valence-electron chi connectivity index (χ0n) is 12.5. The molecule has 6 heteroatoms. The van der Waals surface area contributed by atoms with Gasteiger partial charge in [0.2, 0.25) is 0 Å². The molecule has 2 aromatic heterocycles. The van der Waals surface area contributed by atoms with Crippen LogP contribution in [0, 0.1) is 0 Å². The minimum absolute atomic E-state index is 0.208. The van der Waals surface area contributed by atoms with Gasteiger partial charge in [-0.2, -0.15) is 0 Å². The molecule has 23 heavy (non-hydrogen) atoms. The maximum atomic E-state index is 12.5. The second-order valence-corrected chi connectivity index (χ2v) is 6.05. The number of hydrogen-bond acceptors (Lipinski definition) is 4. The van der Waals surface area contributed by atoms with E-state index in [0.717, 1.165) is 17.5 Å². The largest absolute Gasteiger partial charge is 0.398 e. The smallest absolute Gasteiger partial charge is 0.331 e. The average molecular weight is 327 g/mol. The van der Waals surface area contributed by atoms with Crippen LogP contribution in [0.25, 0.3) is 0 Å². The fraction of sp³-hybridized carbons (Fsp3) is 0.176. The number of nitrogens with two attached hydrogens (primary N) is 1. The van der Waals surface area contributed by atoms with E-state index in [1.54, 1.807) is 16.1 Å². The molecule has 0 amide bonds. The Balaban J connectivity index is 1.85.